The van der Waals surface area contributed by atoms with Crippen molar-refractivity contribution in [1.82, 2.24) is 0 Å². The maximum atomic E-state index is 13.2. The van der Waals surface area contributed by atoms with E-state index in [0.29, 0.717) is 11.1 Å². The first-order valence-electron chi connectivity index (χ1n) is 7.91. The monoisotopic (exact) mass is 328 g/mol. The number of hydrogen-bond acceptors (Lipinski definition) is 5. The summed E-state index contributed by atoms with van der Waals surface area (Å²) in [5, 5.41) is 0. The van der Waals surface area contributed by atoms with Gasteiger partial charge in [0.2, 0.25) is 0 Å². The molecule has 0 saturated heterocycles. The summed E-state index contributed by atoms with van der Waals surface area (Å²) in [6.45, 7) is 1.76. The van der Waals surface area contributed by atoms with Crippen molar-refractivity contribution in [3.8, 4) is 0 Å². The Balaban J connectivity index is 2.15. The summed E-state index contributed by atoms with van der Waals surface area (Å²) in [7, 11) is 2.84. The molecule has 2 aliphatic rings. The number of fused-ring (bicyclic) bond motifs is 2. The zero-order valence-corrected chi connectivity index (χ0v) is 13.9. The molecule has 1 aromatic rings. The van der Waals surface area contributed by atoms with Crippen molar-refractivity contribution >= 4 is 17.5 Å². The lowest BCUT2D eigenvalue weighted by atomic mass is 9.55. The molecule has 0 fully saturated rings. The van der Waals surface area contributed by atoms with Crippen molar-refractivity contribution < 1.29 is 23.9 Å². The van der Waals surface area contributed by atoms with E-state index < -0.39 is 29.3 Å². The number of Topliss-reactive ketones (excluding diaryl/α,β-unsaturated/α-hetero) is 2. The van der Waals surface area contributed by atoms with Crippen molar-refractivity contribution in [1.29, 1.82) is 0 Å². The van der Waals surface area contributed by atoms with Gasteiger partial charge in [-0.15, -0.1) is 0 Å². The van der Waals surface area contributed by atoms with Gasteiger partial charge in [0.1, 0.15) is 0 Å². The van der Waals surface area contributed by atoms with Crippen LogP contribution in [0.1, 0.15) is 34.1 Å². The molecule has 3 rings (SSSR count). The highest BCUT2D eigenvalue weighted by atomic mass is 16.5. The maximum Gasteiger partial charge on any atom is 0.306 e. The van der Waals surface area contributed by atoms with Crippen molar-refractivity contribution in [3.05, 3.63) is 47.5 Å². The molecule has 0 bridgehead atoms. The Kier molecular flexibility index (Phi) is 4.13. The van der Waals surface area contributed by atoms with Gasteiger partial charge in [0.05, 0.1) is 25.0 Å². The van der Waals surface area contributed by atoms with Crippen LogP contribution in [0, 0.1) is 17.3 Å². The number of carbonyl (C=O) groups is 3. The van der Waals surface area contributed by atoms with Crippen LogP contribution in [0.5, 0.6) is 0 Å². The lowest BCUT2D eigenvalue weighted by Crippen LogP contribution is -2.56. The topological polar surface area (TPSA) is 69.7 Å². The van der Waals surface area contributed by atoms with Gasteiger partial charge < -0.3 is 9.47 Å². The maximum absolute atomic E-state index is 13.2. The zero-order valence-electron chi connectivity index (χ0n) is 13.9. The third kappa shape index (κ3) is 2.23. The second-order valence-electron chi connectivity index (χ2n) is 6.48. The second-order valence-corrected chi connectivity index (χ2v) is 6.48. The van der Waals surface area contributed by atoms with Crippen molar-refractivity contribution in [2.75, 3.05) is 14.2 Å². The van der Waals surface area contributed by atoms with Gasteiger partial charge in [-0.2, -0.15) is 0 Å². The smallest absolute Gasteiger partial charge is 0.306 e. The van der Waals surface area contributed by atoms with Crippen LogP contribution in [-0.4, -0.2) is 37.9 Å². The minimum atomic E-state index is -1.03. The molecule has 2 aliphatic carbocycles. The van der Waals surface area contributed by atoms with E-state index in [1.54, 1.807) is 43.3 Å². The second kappa shape index (κ2) is 5.98. The molecule has 0 amide bonds. The number of esters is 1. The van der Waals surface area contributed by atoms with Gasteiger partial charge in [0, 0.05) is 24.2 Å². The first kappa shape index (κ1) is 16.6. The number of methoxy groups -OCH3 is 2. The van der Waals surface area contributed by atoms with Gasteiger partial charge in [0.15, 0.2) is 11.6 Å². The summed E-state index contributed by atoms with van der Waals surface area (Å²) in [6.07, 6.45) is 3.13. The van der Waals surface area contributed by atoms with Crippen LogP contribution in [0.3, 0.4) is 0 Å². The van der Waals surface area contributed by atoms with E-state index in [0.717, 1.165) is 0 Å². The molecule has 2 unspecified atom stereocenters. The number of benzene rings is 1. The molecule has 1 aromatic carbocycles. The Morgan fingerprint density at radius 1 is 1.12 bits per heavy atom. The van der Waals surface area contributed by atoms with E-state index in [9.17, 15) is 14.4 Å². The molecular formula is C19H20O5. The summed E-state index contributed by atoms with van der Waals surface area (Å²) in [4.78, 5) is 38.1. The van der Waals surface area contributed by atoms with Crippen LogP contribution in [0.15, 0.2) is 36.4 Å². The van der Waals surface area contributed by atoms with Gasteiger partial charge in [0.25, 0.3) is 0 Å². The summed E-state index contributed by atoms with van der Waals surface area (Å²) in [6, 6.07) is 6.84. The molecule has 0 N–H and O–H groups in total. The normalized spacial score (nSPS) is 31.4. The molecular weight excluding hydrogens is 308 g/mol. The van der Waals surface area contributed by atoms with Crippen LogP contribution in [0.25, 0.3) is 0 Å². The Bertz CT molecular complexity index is 735. The first-order chi connectivity index (χ1) is 11.4. The Morgan fingerprint density at radius 2 is 1.79 bits per heavy atom. The van der Waals surface area contributed by atoms with Crippen LogP contribution in [0.2, 0.25) is 0 Å². The molecule has 4 atom stereocenters. The lowest BCUT2D eigenvalue weighted by molar-refractivity contribution is -0.142. The number of carbonyl (C=O) groups excluding carboxylic acids is 3. The van der Waals surface area contributed by atoms with Crippen LogP contribution >= 0.6 is 0 Å². The third-order valence-electron chi connectivity index (χ3n) is 5.29. The fourth-order valence-corrected chi connectivity index (χ4v) is 4.05. The molecule has 0 spiro atoms. The van der Waals surface area contributed by atoms with Crippen molar-refractivity contribution in [2.24, 2.45) is 17.3 Å². The molecule has 0 aliphatic heterocycles. The number of rotatable bonds is 3. The molecule has 0 radical (unpaired) electrons. The highest BCUT2D eigenvalue weighted by molar-refractivity contribution is 6.18. The quantitative estimate of drug-likeness (QED) is 0.630. The summed E-state index contributed by atoms with van der Waals surface area (Å²) in [5.74, 6) is -1.67. The first-order valence-corrected chi connectivity index (χ1v) is 7.91. The number of allylic oxidation sites excluding steroid dienone is 1. The van der Waals surface area contributed by atoms with Gasteiger partial charge >= 0.3 is 5.97 Å². The average Bonchev–Trinajstić information content (AvgIpc) is 2.59. The number of hydrogen-bond donors (Lipinski definition) is 0. The molecule has 0 heterocycles. The van der Waals surface area contributed by atoms with E-state index in [2.05, 4.69) is 0 Å². The van der Waals surface area contributed by atoms with Crippen molar-refractivity contribution in [2.45, 2.75) is 19.4 Å². The summed E-state index contributed by atoms with van der Waals surface area (Å²) < 4.78 is 10.3. The SMILES string of the molecule is COC(=O)CC1C=CC(OC)[C@@]2(C)C(=O)c3ccccc3C(=O)[C@@H]12. The summed E-state index contributed by atoms with van der Waals surface area (Å²) >= 11 is 0. The molecule has 126 valence electrons. The number of ether oxygens (including phenoxy) is 2. The predicted octanol–water partition coefficient (Wildman–Crippen LogP) is 2.45. The van der Waals surface area contributed by atoms with E-state index in [4.69, 9.17) is 9.47 Å². The van der Waals surface area contributed by atoms with Crippen LogP contribution < -0.4 is 0 Å². The zero-order chi connectivity index (χ0) is 17.5. The minimum Gasteiger partial charge on any atom is -0.469 e. The van der Waals surface area contributed by atoms with Crippen LogP contribution in [0.4, 0.5) is 0 Å². The Labute approximate surface area is 140 Å². The van der Waals surface area contributed by atoms with E-state index in [-0.39, 0.29) is 18.0 Å². The van der Waals surface area contributed by atoms with E-state index in [1.165, 1.54) is 14.2 Å². The van der Waals surface area contributed by atoms with Crippen LogP contribution in [-0.2, 0) is 14.3 Å². The molecule has 5 heteroatoms. The minimum absolute atomic E-state index is 0.0604. The molecule has 5 nitrogen and oxygen atoms in total. The van der Waals surface area contributed by atoms with E-state index >= 15 is 0 Å². The van der Waals surface area contributed by atoms with E-state index in [1.807, 2.05) is 0 Å². The van der Waals surface area contributed by atoms with Crippen molar-refractivity contribution in [3.63, 3.8) is 0 Å². The third-order valence-corrected chi connectivity index (χ3v) is 5.29. The molecule has 0 saturated carbocycles. The number of ketones is 2. The van der Waals surface area contributed by atoms with Gasteiger partial charge in [-0.25, -0.2) is 0 Å². The highest BCUT2D eigenvalue weighted by Gasteiger charge is 2.58. The summed E-state index contributed by atoms with van der Waals surface area (Å²) in [5.41, 5.74) is -0.186. The standard InChI is InChI=1S/C19H20O5/c1-19-14(23-2)9-8-11(10-15(20)24-3)16(19)17(21)12-6-4-5-7-13(12)18(19)22/h4-9,11,14,16H,10H2,1-3H3/t11?,14?,16-,19-/m1/s1. The predicted molar refractivity (Wildman–Crippen MR) is 86.8 cm³/mol. The fourth-order valence-electron chi connectivity index (χ4n) is 4.05. The fraction of sp³-hybridized carbons (Fsp3) is 0.421. The molecule has 0 aromatic heterocycles. The largest absolute Gasteiger partial charge is 0.469 e. The lowest BCUT2D eigenvalue weighted by Gasteiger charge is -2.48. The van der Waals surface area contributed by atoms with Gasteiger partial charge in [-0.1, -0.05) is 36.4 Å². The Hall–Kier alpha value is -2.27. The molecule has 24 heavy (non-hydrogen) atoms. The highest BCUT2D eigenvalue weighted by Crippen LogP contribution is 2.50. The average molecular weight is 328 g/mol. The van der Waals surface area contributed by atoms with Gasteiger partial charge in [-0.05, 0) is 12.8 Å². The Morgan fingerprint density at radius 3 is 2.42 bits per heavy atom. The van der Waals surface area contributed by atoms with Gasteiger partial charge in [-0.3, -0.25) is 14.4 Å².